The Bertz CT molecular complexity index is 382. The van der Waals surface area contributed by atoms with E-state index in [4.69, 9.17) is 0 Å². The molecule has 1 aromatic rings. The lowest BCUT2D eigenvalue weighted by atomic mass is 10.0. The normalized spacial score (nSPS) is 16.7. The van der Waals surface area contributed by atoms with Gasteiger partial charge in [-0.3, -0.25) is 0 Å². The van der Waals surface area contributed by atoms with Gasteiger partial charge in [-0.25, -0.2) is 9.97 Å². The smallest absolute Gasteiger partial charge is 0.130 e. The van der Waals surface area contributed by atoms with Crippen LogP contribution in [0.15, 0.2) is 24.5 Å². The monoisotopic (exact) mass is 217 g/mol. The molecular weight excluding hydrogens is 198 g/mol. The molecule has 0 saturated heterocycles. The average molecular weight is 217 g/mol. The molecule has 0 amide bonds. The molecule has 2 rings (SSSR count). The maximum absolute atomic E-state index is 4.36. The highest BCUT2D eigenvalue weighted by molar-refractivity contribution is 5.38. The lowest BCUT2D eigenvalue weighted by Crippen LogP contribution is -2.26. The van der Waals surface area contributed by atoms with Gasteiger partial charge in [0, 0.05) is 23.2 Å². The van der Waals surface area contributed by atoms with E-state index >= 15 is 0 Å². The fraction of sp³-hybridized carbons (Fsp3) is 0.538. The van der Waals surface area contributed by atoms with Crippen molar-refractivity contribution in [1.29, 1.82) is 0 Å². The Kier molecular flexibility index (Phi) is 2.95. The second-order valence-corrected chi connectivity index (χ2v) is 5.34. The van der Waals surface area contributed by atoms with Crippen molar-refractivity contribution < 1.29 is 0 Å². The van der Waals surface area contributed by atoms with E-state index in [2.05, 4.69) is 54.3 Å². The molecule has 0 fully saturated rings. The summed E-state index contributed by atoms with van der Waals surface area (Å²) in [7, 11) is 0. The Labute approximate surface area is 97.0 Å². The molecule has 1 aliphatic carbocycles. The molecular formula is C13H19N3. The van der Waals surface area contributed by atoms with Gasteiger partial charge in [0.2, 0.25) is 0 Å². The van der Waals surface area contributed by atoms with Gasteiger partial charge in [-0.15, -0.1) is 0 Å². The quantitative estimate of drug-likeness (QED) is 0.773. The van der Waals surface area contributed by atoms with E-state index in [1.54, 1.807) is 6.33 Å². The minimum Gasteiger partial charge on any atom is -0.365 e. The summed E-state index contributed by atoms with van der Waals surface area (Å²) in [6.07, 6.45) is 8.31. The second kappa shape index (κ2) is 4.24. The van der Waals surface area contributed by atoms with E-state index < -0.39 is 0 Å². The summed E-state index contributed by atoms with van der Waals surface area (Å²) in [6, 6.07) is 2.07. The Hall–Kier alpha value is -1.38. The molecule has 0 atom stereocenters. The highest BCUT2D eigenvalue weighted by atomic mass is 15.1. The van der Waals surface area contributed by atoms with Gasteiger partial charge in [0.15, 0.2) is 0 Å². The number of anilines is 1. The lowest BCUT2D eigenvalue weighted by Gasteiger charge is -2.21. The van der Waals surface area contributed by atoms with Gasteiger partial charge in [-0.05, 0) is 33.6 Å². The summed E-state index contributed by atoms with van der Waals surface area (Å²) in [6.45, 7) is 6.39. The van der Waals surface area contributed by atoms with Crippen molar-refractivity contribution in [2.24, 2.45) is 0 Å². The average Bonchev–Trinajstić information content (AvgIpc) is 2.68. The highest BCUT2D eigenvalue weighted by Gasteiger charge is 2.16. The Morgan fingerprint density at radius 2 is 1.88 bits per heavy atom. The fourth-order valence-electron chi connectivity index (χ4n) is 1.91. The minimum atomic E-state index is 0.0412. The zero-order valence-corrected chi connectivity index (χ0v) is 10.2. The number of hydrogen-bond acceptors (Lipinski definition) is 3. The van der Waals surface area contributed by atoms with Gasteiger partial charge in [0.1, 0.15) is 12.1 Å². The van der Waals surface area contributed by atoms with Gasteiger partial charge in [-0.2, -0.15) is 0 Å². The molecule has 0 aliphatic heterocycles. The van der Waals surface area contributed by atoms with E-state index in [1.165, 1.54) is 0 Å². The Morgan fingerprint density at radius 1 is 1.19 bits per heavy atom. The summed E-state index contributed by atoms with van der Waals surface area (Å²) < 4.78 is 0. The summed E-state index contributed by atoms with van der Waals surface area (Å²) in [5, 5.41) is 3.37. The van der Waals surface area contributed by atoms with E-state index in [0.717, 1.165) is 24.4 Å². The summed E-state index contributed by atoms with van der Waals surface area (Å²) in [4.78, 5) is 8.61. The van der Waals surface area contributed by atoms with Gasteiger partial charge in [0.25, 0.3) is 0 Å². The number of allylic oxidation sites excluding steroid dienone is 2. The third-order valence-electron chi connectivity index (χ3n) is 2.62. The molecule has 0 radical (unpaired) electrons. The van der Waals surface area contributed by atoms with Crippen LogP contribution >= 0.6 is 0 Å². The number of aromatic nitrogens is 2. The first-order valence-electron chi connectivity index (χ1n) is 5.80. The van der Waals surface area contributed by atoms with E-state index in [0.29, 0.717) is 5.92 Å². The molecule has 3 heteroatoms. The first kappa shape index (κ1) is 11.1. The van der Waals surface area contributed by atoms with Gasteiger partial charge in [-0.1, -0.05) is 12.2 Å². The number of nitrogens with one attached hydrogen (secondary N) is 1. The van der Waals surface area contributed by atoms with Gasteiger partial charge in [0.05, 0.1) is 0 Å². The predicted octanol–water partition coefficient (Wildman–Crippen LogP) is 3.12. The maximum Gasteiger partial charge on any atom is 0.130 e. The Morgan fingerprint density at radius 3 is 2.50 bits per heavy atom. The van der Waals surface area contributed by atoms with Crippen LogP contribution in [0.1, 0.15) is 45.2 Å². The first-order valence-corrected chi connectivity index (χ1v) is 5.80. The lowest BCUT2D eigenvalue weighted by molar-refractivity contribution is 0.628. The van der Waals surface area contributed by atoms with E-state index in [9.17, 15) is 0 Å². The van der Waals surface area contributed by atoms with Gasteiger partial charge < -0.3 is 5.32 Å². The van der Waals surface area contributed by atoms with Crippen molar-refractivity contribution >= 4 is 5.82 Å². The highest BCUT2D eigenvalue weighted by Crippen LogP contribution is 2.28. The predicted molar refractivity (Wildman–Crippen MR) is 66.5 cm³/mol. The molecule has 1 aromatic heterocycles. The molecule has 1 heterocycles. The third kappa shape index (κ3) is 2.81. The van der Waals surface area contributed by atoms with Crippen molar-refractivity contribution in [1.82, 2.24) is 9.97 Å². The molecule has 1 N–H and O–H groups in total. The molecule has 0 aromatic carbocycles. The van der Waals surface area contributed by atoms with Crippen molar-refractivity contribution in [3.8, 4) is 0 Å². The van der Waals surface area contributed by atoms with Crippen LogP contribution < -0.4 is 5.32 Å². The van der Waals surface area contributed by atoms with Crippen molar-refractivity contribution in [3.05, 3.63) is 30.2 Å². The summed E-state index contributed by atoms with van der Waals surface area (Å²) in [5.74, 6) is 1.47. The SMILES string of the molecule is CC(C)(C)Nc1cc(C2CC=CC2)ncn1. The molecule has 0 saturated carbocycles. The molecule has 0 unspecified atom stereocenters. The Balaban J connectivity index is 2.13. The van der Waals surface area contributed by atoms with Crippen LogP contribution in [0.5, 0.6) is 0 Å². The fourth-order valence-corrected chi connectivity index (χ4v) is 1.91. The van der Waals surface area contributed by atoms with Crippen LogP contribution in [-0.4, -0.2) is 15.5 Å². The zero-order chi connectivity index (χ0) is 11.6. The largest absolute Gasteiger partial charge is 0.365 e. The van der Waals surface area contributed by atoms with E-state index in [-0.39, 0.29) is 5.54 Å². The minimum absolute atomic E-state index is 0.0412. The van der Waals surface area contributed by atoms with Crippen LogP contribution in [0.25, 0.3) is 0 Å². The second-order valence-electron chi connectivity index (χ2n) is 5.34. The standard InChI is InChI=1S/C13H19N3/c1-13(2,3)16-12-8-11(14-9-15-12)10-6-4-5-7-10/h4-5,8-10H,6-7H2,1-3H3,(H,14,15,16). The van der Waals surface area contributed by atoms with Crippen LogP contribution in [0.4, 0.5) is 5.82 Å². The van der Waals surface area contributed by atoms with Crippen LogP contribution in [-0.2, 0) is 0 Å². The topological polar surface area (TPSA) is 37.8 Å². The van der Waals surface area contributed by atoms with Crippen molar-refractivity contribution in [2.45, 2.75) is 45.1 Å². The molecule has 3 nitrogen and oxygen atoms in total. The molecule has 0 spiro atoms. The first-order chi connectivity index (χ1) is 7.54. The summed E-state index contributed by atoms with van der Waals surface area (Å²) in [5.41, 5.74) is 1.19. The number of nitrogens with zero attached hydrogens (tertiary/aromatic N) is 2. The van der Waals surface area contributed by atoms with Crippen LogP contribution in [0, 0.1) is 0 Å². The third-order valence-corrected chi connectivity index (χ3v) is 2.62. The zero-order valence-electron chi connectivity index (χ0n) is 10.2. The molecule has 1 aliphatic rings. The summed E-state index contributed by atoms with van der Waals surface area (Å²) >= 11 is 0. The van der Waals surface area contributed by atoms with Crippen LogP contribution in [0.2, 0.25) is 0 Å². The van der Waals surface area contributed by atoms with E-state index in [1.807, 2.05) is 0 Å². The molecule has 86 valence electrons. The maximum atomic E-state index is 4.36. The number of hydrogen-bond donors (Lipinski definition) is 1. The van der Waals surface area contributed by atoms with Crippen molar-refractivity contribution in [2.75, 3.05) is 5.32 Å². The van der Waals surface area contributed by atoms with Gasteiger partial charge >= 0.3 is 0 Å². The van der Waals surface area contributed by atoms with Crippen molar-refractivity contribution in [3.63, 3.8) is 0 Å². The molecule has 16 heavy (non-hydrogen) atoms. The number of rotatable bonds is 2. The molecule has 0 bridgehead atoms. The van der Waals surface area contributed by atoms with Crippen LogP contribution in [0.3, 0.4) is 0 Å².